The van der Waals surface area contributed by atoms with Crippen LogP contribution in [0.4, 0.5) is 40.7 Å². The van der Waals surface area contributed by atoms with Gasteiger partial charge in [0.25, 0.3) is 0 Å². The summed E-state index contributed by atoms with van der Waals surface area (Å²) in [5, 5.41) is 21.1. The van der Waals surface area contributed by atoms with Gasteiger partial charge in [0.2, 0.25) is 0 Å². The molecular formula is C44H42Cl2F2N14O2S2. The number of hydrogen-bond donors (Lipinski definition) is 6. The van der Waals surface area contributed by atoms with E-state index in [1.54, 1.807) is 46.7 Å². The molecule has 2 unspecified atom stereocenters. The number of amides is 4. The van der Waals surface area contributed by atoms with Crippen LogP contribution in [0.25, 0.3) is 44.8 Å². The first kappa shape index (κ1) is 44.7. The largest absolute Gasteiger partial charge is 0.367 e. The standard InChI is InChI=1S/2C22H21ClFN7OS/c23-14-7-15-16(10-27-19(15)26-9-14)20-28-11-17(24)21(30-20)25-8-13-3-1-5-31(12-13)22(32)29-18-4-2-6-33-18;23-14-6-16-17(9-27-19(16)26-8-14)20-28-10-18(24)21(30-20)25-7-13-2-1-4-31(11-13)22(32)29-15-3-5-33-12-15/h2,4,6-7,9-11,13H,1,3,5,8,12H2,(H,26,27)(H,29,32)(H,25,28,30);3,5-6,8-10,12-13H,1-2,4,7,11H2,(H,26,27)(H,29,32)(H,25,28,30). The van der Waals surface area contributed by atoms with Crippen LogP contribution in [0.15, 0.2) is 83.7 Å². The predicted molar refractivity (Wildman–Crippen MR) is 256 cm³/mol. The van der Waals surface area contributed by atoms with E-state index < -0.39 is 11.6 Å². The minimum atomic E-state index is -0.530. The van der Waals surface area contributed by atoms with Crippen LogP contribution in [0.1, 0.15) is 25.7 Å². The van der Waals surface area contributed by atoms with E-state index in [1.807, 2.05) is 34.3 Å². The molecule has 2 fully saturated rings. The summed E-state index contributed by atoms with van der Waals surface area (Å²) >= 11 is 15.2. The molecule has 16 nitrogen and oxygen atoms in total. The first-order valence-corrected chi connectivity index (χ1v) is 23.7. The topological polar surface area (TPSA) is 198 Å². The van der Waals surface area contributed by atoms with Crippen molar-refractivity contribution in [2.45, 2.75) is 25.7 Å². The second-order valence-corrected chi connectivity index (χ2v) is 18.4. The number of aromatic nitrogens is 8. The number of nitrogens with one attached hydrogen (secondary N) is 6. The van der Waals surface area contributed by atoms with Gasteiger partial charge in [-0.25, -0.2) is 48.3 Å². The number of nitrogens with zero attached hydrogens (tertiary/aromatic N) is 8. The van der Waals surface area contributed by atoms with Crippen molar-refractivity contribution in [2.24, 2.45) is 11.8 Å². The van der Waals surface area contributed by atoms with Crippen molar-refractivity contribution in [1.29, 1.82) is 0 Å². The lowest BCUT2D eigenvalue weighted by Gasteiger charge is -2.32. The third-order valence-corrected chi connectivity index (χ3v) is 13.1. The molecule has 6 N–H and O–H groups in total. The maximum Gasteiger partial charge on any atom is 0.322 e. The summed E-state index contributed by atoms with van der Waals surface area (Å²) in [5.41, 5.74) is 3.49. The first-order chi connectivity index (χ1) is 32.1. The fourth-order valence-corrected chi connectivity index (χ4v) is 9.46. The van der Waals surface area contributed by atoms with Gasteiger partial charge in [0, 0.05) is 91.3 Å². The van der Waals surface area contributed by atoms with E-state index in [1.165, 1.54) is 22.7 Å². The van der Waals surface area contributed by atoms with E-state index >= 15 is 0 Å². The van der Waals surface area contributed by atoms with E-state index in [2.05, 4.69) is 61.1 Å². The molecule has 340 valence electrons. The fourth-order valence-electron chi connectivity index (χ4n) is 7.95. The smallest absolute Gasteiger partial charge is 0.322 e. The molecule has 4 amide bonds. The molecule has 0 saturated carbocycles. The molecule has 0 aromatic carbocycles. The van der Waals surface area contributed by atoms with E-state index in [-0.39, 0.29) is 35.5 Å². The summed E-state index contributed by atoms with van der Waals surface area (Å²) in [7, 11) is 0. The lowest BCUT2D eigenvalue weighted by Crippen LogP contribution is -2.43. The first-order valence-electron chi connectivity index (χ1n) is 21.1. The molecule has 2 aliphatic rings. The Morgan fingerprint density at radius 3 is 1.77 bits per heavy atom. The van der Waals surface area contributed by atoms with Crippen molar-refractivity contribution >= 4 is 102 Å². The second kappa shape index (κ2) is 20.4. The highest BCUT2D eigenvalue weighted by molar-refractivity contribution is 7.14. The van der Waals surface area contributed by atoms with Gasteiger partial charge in [-0.05, 0) is 78.6 Å². The molecule has 8 aromatic rings. The zero-order valence-corrected chi connectivity index (χ0v) is 38.2. The van der Waals surface area contributed by atoms with E-state index in [4.69, 9.17) is 23.2 Å². The number of urea groups is 2. The predicted octanol–water partition coefficient (Wildman–Crippen LogP) is 10.5. The van der Waals surface area contributed by atoms with Crippen LogP contribution in [0.5, 0.6) is 0 Å². The molecule has 22 heteroatoms. The number of aromatic amines is 2. The number of anilines is 4. The highest BCUT2D eigenvalue weighted by Gasteiger charge is 2.26. The Kier molecular flexibility index (Phi) is 13.8. The molecule has 10 rings (SSSR count). The number of hydrogen-bond acceptors (Lipinski definition) is 12. The Hall–Kier alpha value is -6.48. The number of halogens is 4. The van der Waals surface area contributed by atoms with Crippen LogP contribution in [0.3, 0.4) is 0 Å². The average Bonchev–Trinajstić information content (AvgIpc) is 4.18. The van der Waals surface area contributed by atoms with E-state index in [9.17, 15) is 18.4 Å². The molecule has 2 atom stereocenters. The third kappa shape index (κ3) is 10.6. The summed E-state index contributed by atoms with van der Waals surface area (Å²) in [5.74, 6) is 0.302. The van der Waals surface area contributed by atoms with Gasteiger partial charge in [0.15, 0.2) is 34.9 Å². The summed E-state index contributed by atoms with van der Waals surface area (Å²) in [6, 6.07) is 8.97. The molecule has 0 radical (unpaired) electrons. The SMILES string of the molecule is O=C(Nc1cccs1)N1CCCC(CNc2nc(-c3c[nH]c4ncc(Cl)cc34)ncc2F)C1.O=C(Nc1ccsc1)N1CCCC(CNc2nc(-c3c[nH]c4ncc(Cl)cc34)ncc2F)C1. The zero-order valence-electron chi connectivity index (χ0n) is 35.0. The number of rotatable bonds is 10. The van der Waals surface area contributed by atoms with Gasteiger partial charge in [-0.2, -0.15) is 11.3 Å². The molecule has 10 heterocycles. The molecule has 8 aromatic heterocycles. The number of piperidine rings is 2. The van der Waals surface area contributed by atoms with Gasteiger partial charge >= 0.3 is 12.1 Å². The van der Waals surface area contributed by atoms with Crippen molar-refractivity contribution in [3.05, 3.63) is 105 Å². The van der Waals surface area contributed by atoms with Crippen molar-refractivity contribution in [2.75, 3.05) is 60.5 Å². The van der Waals surface area contributed by atoms with Gasteiger partial charge in [-0.15, -0.1) is 11.3 Å². The van der Waals surface area contributed by atoms with Gasteiger partial charge in [-0.1, -0.05) is 23.2 Å². The molecule has 2 saturated heterocycles. The lowest BCUT2D eigenvalue weighted by atomic mass is 9.98. The number of thiophene rings is 2. The summed E-state index contributed by atoms with van der Waals surface area (Å²) in [6.45, 7) is 3.59. The molecule has 66 heavy (non-hydrogen) atoms. The van der Waals surface area contributed by atoms with E-state index in [0.717, 1.165) is 59.5 Å². The van der Waals surface area contributed by atoms with Gasteiger partial charge in [0.05, 0.1) is 33.1 Å². The number of carbonyl (C=O) groups excluding carboxylic acids is 2. The molecule has 0 spiro atoms. The Morgan fingerprint density at radius 2 is 1.27 bits per heavy atom. The molecular weight excluding hydrogens is 930 g/mol. The number of carbonyl (C=O) groups is 2. The zero-order chi connectivity index (χ0) is 45.6. The molecule has 0 aliphatic carbocycles. The quantitative estimate of drug-likeness (QED) is 0.0767. The average molecular weight is 972 g/mol. The van der Waals surface area contributed by atoms with Crippen LogP contribution >= 0.6 is 45.9 Å². The van der Waals surface area contributed by atoms with Gasteiger partial charge in [-0.3, -0.25) is 5.32 Å². The Morgan fingerprint density at radius 1 is 0.727 bits per heavy atom. The molecule has 2 aliphatic heterocycles. The van der Waals surface area contributed by atoms with E-state index in [0.29, 0.717) is 83.4 Å². The number of fused-ring (bicyclic) bond motifs is 2. The van der Waals surface area contributed by atoms with Gasteiger partial charge in [0.1, 0.15) is 11.3 Å². The second-order valence-electron chi connectivity index (χ2n) is 15.8. The van der Waals surface area contributed by atoms with Crippen molar-refractivity contribution in [3.8, 4) is 22.8 Å². The summed E-state index contributed by atoms with van der Waals surface area (Å²) < 4.78 is 28.9. The number of likely N-dealkylation sites (tertiary alicyclic amines) is 2. The number of H-pyrrole nitrogens is 2. The molecule has 0 bridgehead atoms. The third-order valence-electron chi connectivity index (χ3n) is 11.2. The van der Waals surface area contributed by atoms with Crippen LogP contribution in [-0.2, 0) is 0 Å². The summed E-state index contributed by atoms with van der Waals surface area (Å²) in [4.78, 5) is 60.4. The summed E-state index contributed by atoms with van der Waals surface area (Å²) in [6.07, 6.45) is 12.6. The highest BCUT2D eigenvalue weighted by atomic mass is 35.5. The van der Waals surface area contributed by atoms with Crippen LogP contribution in [0, 0.1) is 23.5 Å². The maximum atomic E-state index is 14.5. The Balaban J connectivity index is 0.000000166. The van der Waals surface area contributed by atoms with Crippen molar-refractivity contribution < 1.29 is 18.4 Å². The maximum absolute atomic E-state index is 14.5. The van der Waals surface area contributed by atoms with Crippen LogP contribution in [-0.4, -0.2) is 101 Å². The highest BCUT2D eigenvalue weighted by Crippen LogP contribution is 2.31. The Bertz CT molecular complexity index is 2760. The van der Waals surface area contributed by atoms with Crippen molar-refractivity contribution in [3.63, 3.8) is 0 Å². The Labute approximate surface area is 394 Å². The normalized spacial score (nSPS) is 16.2. The van der Waals surface area contributed by atoms with Crippen LogP contribution in [0.2, 0.25) is 10.0 Å². The minimum Gasteiger partial charge on any atom is -0.367 e. The van der Waals surface area contributed by atoms with Gasteiger partial charge < -0.3 is 35.7 Å². The fraction of sp³-hybridized carbons (Fsp3) is 0.273. The monoisotopic (exact) mass is 970 g/mol. The van der Waals surface area contributed by atoms with Crippen LogP contribution < -0.4 is 21.3 Å². The lowest BCUT2D eigenvalue weighted by molar-refractivity contribution is 0.180. The van der Waals surface area contributed by atoms with Crippen molar-refractivity contribution in [1.82, 2.24) is 49.7 Å². The minimum absolute atomic E-state index is 0.107. The number of pyridine rings is 2.